The third kappa shape index (κ3) is 10.4. The second-order valence-corrected chi connectivity index (χ2v) is 15.2. The maximum Gasteiger partial charge on any atom is 0.333 e. The number of aldehydes is 1. The lowest BCUT2D eigenvalue weighted by atomic mass is 10.00. The van der Waals surface area contributed by atoms with Crippen molar-refractivity contribution in [1.82, 2.24) is 0 Å². The van der Waals surface area contributed by atoms with Gasteiger partial charge in [0.1, 0.15) is 6.29 Å². The molecule has 0 aromatic carbocycles. The molecule has 0 heterocycles. The van der Waals surface area contributed by atoms with E-state index in [-0.39, 0.29) is 18.0 Å². The normalized spacial score (nSPS) is 15.8. The number of rotatable bonds is 15. The Morgan fingerprint density at radius 3 is 1.94 bits per heavy atom. The van der Waals surface area contributed by atoms with E-state index in [0.29, 0.717) is 28.8 Å². The highest BCUT2D eigenvalue weighted by molar-refractivity contribution is 6.77. The average Bonchev–Trinajstić information content (AvgIpc) is 2.71. The van der Waals surface area contributed by atoms with E-state index in [9.17, 15) is 9.59 Å². The Bertz CT molecular complexity index is 692. The predicted molar refractivity (Wildman–Crippen MR) is 143 cm³/mol. The van der Waals surface area contributed by atoms with Crippen LogP contribution in [-0.2, 0) is 18.8 Å². The van der Waals surface area contributed by atoms with Crippen LogP contribution >= 0.6 is 0 Å². The topological polar surface area (TPSA) is 52.6 Å². The molecule has 0 fully saturated rings. The quantitative estimate of drug-likeness (QED) is 0.0461. The average molecular weight is 477 g/mol. The Morgan fingerprint density at radius 2 is 1.45 bits per heavy atom. The summed E-state index contributed by atoms with van der Waals surface area (Å²) in [5.41, 5.74) is 3.10. The molecule has 0 N–H and O–H groups in total. The molecule has 0 rings (SSSR count). The van der Waals surface area contributed by atoms with Gasteiger partial charge < -0.3 is 9.16 Å². The standard InChI is InChI=1S/C28H48O4Si/c1-11-31-28(30)26(10)20-24(8)19-25(9)27(17-15-13-12-14-16-18-29)32-33(21(2)3,22(4)5)23(6)7/h14-23,25,27H,11-13H2,1-10H3/b16-14+,17-15+,24-19+,26-20+/t25-,27-/m1/s1. The Hall–Kier alpha value is -1.72. The second-order valence-electron chi connectivity index (χ2n) is 9.79. The van der Waals surface area contributed by atoms with Gasteiger partial charge in [0.2, 0.25) is 8.32 Å². The van der Waals surface area contributed by atoms with E-state index in [0.717, 1.165) is 24.7 Å². The van der Waals surface area contributed by atoms with E-state index in [1.165, 1.54) is 0 Å². The predicted octanol–water partition coefficient (Wildman–Crippen LogP) is 7.73. The largest absolute Gasteiger partial charge is 0.463 e. The molecule has 0 aliphatic rings. The first-order valence-electron chi connectivity index (χ1n) is 12.4. The molecule has 0 saturated carbocycles. The number of esters is 1. The molecule has 0 aromatic rings. The van der Waals surface area contributed by atoms with E-state index in [2.05, 4.69) is 66.7 Å². The van der Waals surface area contributed by atoms with Gasteiger partial charge in [0.15, 0.2) is 0 Å². The van der Waals surface area contributed by atoms with Gasteiger partial charge in [-0.05, 0) is 62.4 Å². The van der Waals surface area contributed by atoms with Crippen LogP contribution in [0.25, 0.3) is 0 Å². The molecule has 0 unspecified atom stereocenters. The zero-order valence-corrected chi connectivity index (χ0v) is 23.7. The Labute approximate surface area is 204 Å². The van der Waals surface area contributed by atoms with Crippen LogP contribution in [0.2, 0.25) is 16.6 Å². The van der Waals surface area contributed by atoms with Gasteiger partial charge in [-0.2, -0.15) is 0 Å². The first-order valence-corrected chi connectivity index (χ1v) is 14.6. The fraction of sp³-hybridized carbons (Fsp3) is 0.643. The third-order valence-corrected chi connectivity index (χ3v) is 12.3. The van der Waals surface area contributed by atoms with E-state index in [4.69, 9.17) is 9.16 Å². The summed E-state index contributed by atoms with van der Waals surface area (Å²) < 4.78 is 12.2. The molecule has 33 heavy (non-hydrogen) atoms. The van der Waals surface area contributed by atoms with Crippen LogP contribution in [0, 0.1) is 5.92 Å². The van der Waals surface area contributed by atoms with Gasteiger partial charge in [0, 0.05) is 11.5 Å². The lowest BCUT2D eigenvalue weighted by Gasteiger charge is -2.45. The lowest BCUT2D eigenvalue weighted by molar-refractivity contribution is -0.138. The summed E-state index contributed by atoms with van der Waals surface area (Å²) in [6.45, 7) is 22.0. The molecule has 0 aliphatic heterocycles. The monoisotopic (exact) mass is 476 g/mol. The Morgan fingerprint density at radius 1 is 0.909 bits per heavy atom. The highest BCUT2D eigenvalue weighted by Crippen LogP contribution is 2.44. The van der Waals surface area contributed by atoms with Crippen molar-refractivity contribution < 1.29 is 18.8 Å². The van der Waals surface area contributed by atoms with Crippen LogP contribution in [0.5, 0.6) is 0 Å². The fourth-order valence-corrected chi connectivity index (χ4v) is 10.3. The van der Waals surface area contributed by atoms with E-state index >= 15 is 0 Å². The maximum atomic E-state index is 12.0. The van der Waals surface area contributed by atoms with Crippen LogP contribution in [0.1, 0.15) is 82.1 Å². The summed E-state index contributed by atoms with van der Waals surface area (Å²) in [6, 6.07) is 0. The van der Waals surface area contributed by atoms with Gasteiger partial charge in [0.05, 0.1) is 12.7 Å². The molecule has 0 amide bonds. The zero-order chi connectivity index (χ0) is 25.6. The first-order chi connectivity index (χ1) is 15.4. The van der Waals surface area contributed by atoms with Crippen molar-refractivity contribution in [1.29, 1.82) is 0 Å². The molecule has 5 heteroatoms. The molecule has 0 spiro atoms. The molecule has 0 bridgehead atoms. The van der Waals surface area contributed by atoms with Crippen LogP contribution in [0.3, 0.4) is 0 Å². The highest BCUT2D eigenvalue weighted by atomic mass is 28.4. The summed E-state index contributed by atoms with van der Waals surface area (Å²) in [5, 5.41) is 0. The fourth-order valence-electron chi connectivity index (χ4n) is 4.74. The van der Waals surface area contributed by atoms with Gasteiger partial charge >= 0.3 is 5.97 Å². The SMILES string of the molecule is CCOC(=O)/C(C)=C/C(C)=C/[C@@H](C)[C@@H](/C=C/CC/C=C/C=O)O[Si](C(C)C)(C(C)C)C(C)C. The molecule has 0 aliphatic carbocycles. The van der Waals surface area contributed by atoms with Gasteiger partial charge in [0.25, 0.3) is 0 Å². The number of hydrogen-bond donors (Lipinski definition) is 0. The lowest BCUT2D eigenvalue weighted by Crippen LogP contribution is -2.50. The summed E-state index contributed by atoms with van der Waals surface area (Å²) in [5.74, 6) is -0.138. The number of unbranched alkanes of at least 4 members (excludes halogenated alkanes) is 1. The van der Waals surface area contributed by atoms with Gasteiger partial charge in [-0.15, -0.1) is 0 Å². The summed E-state index contributed by atoms with van der Waals surface area (Å²) in [4.78, 5) is 22.5. The number of carbonyl (C=O) groups is 2. The minimum Gasteiger partial charge on any atom is -0.463 e. The molecule has 2 atom stereocenters. The summed E-state index contributed by atoms with van der Waals surface area (Å²) in [6.07, 6.45) is 14.3. The number of carbonyl (C=O) groups excluding carboxylic acids is 2. The minimum absolute atomic E-state index is 0.0508. The van der Waals surface area contributed by atoms with Gasteiger partial charge in [-0.25, -0.2) is 4.79 Å². The van der Waals surface area contributed by atoms with Crippen molar-refractivity contribution in [3.05, 3.63) is 47.6 Å². The smallest absolute Gasteiger partial charge is 0.333 e. The Balaban J connectivity index is 5.97. The number of allylic oxidation sites excluding steroid dienone is 5. The maximum absolute atomic E-state index is 12.0. The van der Waals surface area contributed by atoms with Gasteiger partial charge in [-0.3, -0.25) is 4.79 Å². The number of hydrogen-bond acceptors (Lipinski definition) is 4. The van der Waals surface area contributed by atoms with Crippen LogP contribution in [0.15, 0.2) is 47.6 Å². The summed E-state index contributed by atoms with van der Waals surface area (Å²) in [7, 11) is -2.08. The van der Waals surface area contributed by atoms with Crippen LogP contribution in [-0.4, -0.2) is 33.3 Å². The third-order valence-electron chi connectivity index (χ3n) is 6.17. The van der Waals surface area contributed by atoms with Crippen LogP contribution in [0.4, 0.5) is 0 Å². The van der Waals surface area contributed by atoms with Crippen molar-refractivity contribution in [3.63, 3.8) is 0 Å². The first kappa shape index (κ1) is 31.3. The van der Waals surface area contributed by atoms with E-state index < -0.39 is 8.32 Å². The van der Waals surface area contributed by atoms with E-state index in [1.807, 2.05) is 26.0 Å². The molecule has 0 radical (unpaired) electrons. The zero-order valence-electron chi connectivity index (χ0n) is 22.7. The van der Waals surface area contributed by atoms with Crippen molar-refractivity contribution in [2.75, 3.05) is 6.61 Å². The van der Waals surface area contributed by atoms with Crippen LogP contribution < -0.4 is 0 Å². The van der Waals surface area contributed by atoms with Crippen molar-refractivity contribution in [2.24, 2.45) is 5.92 Å². The van der Waals surface area contributed by atoms with Crippen molar-refractivity contribution in [2.45, 2.75) is 105 Å². The Kier molecular flexibility index (Phi) is 15.2. The molecule has 188 valence electrons. The molecular weight excluding hydrogens is 428 g/mol. The second kappa shape index (κ2) is 16.0. The molecule has 4 nitrogen and oxygen atoms in total. The molecule has 0 saturated heterocycles. The van der Waals surface area contributed by atoms with Crippen molar-refractivity contribution in [3.8, 4) is 0 Å². The van der Waals surface area contributed by atoms with Crippen molar-refractivity contribution >= 4 is 20.6 Å². The molecule has 0 aromatic heterocycles. The highest BCUT2D eigenvalue weighted by Gasteiger charge is 2.46. The van der Waals surface area contributed by atoms with Gasteiger partial charge in [-0.1, -0.05) is 78.3 Å². The van der Waals surface area contributed by atoms with E-state index in [1.54, 1.807) is 13.0 Å². The minimum atomic E-state index is -2.08. The number of ether oxygens (including phenoxy) is 1. The molecular formula is C28H48O4Si. The summed E-state index contributed by atoms with van der Waals surface area (Å²) >= 11 is 0.